The minimum Gasteiger partial charge on any atom is -0.351 e. The van der Waals surface area contributed by atoms with Crippen LogP contribution in [0.2, 0.25) is 0 Å². The van der Waals surface area contributed by atoms with E-state index < -0.39 is 5.54 Å². The van der Waals surface area contributed by atoms with E-state index in [0.717, 1.165) is 19.3 Å². The molecule has 0 bridgehead atoms. The quantitative estimate of drug-likeness (QED) is 0.708. The highest BCUT2D eigenvalue weighted by Crippen LogP contribution is 2.45. The first kappa shape index (κ1) is 9.97. The maximum Gasteiger partial charge on any atom is 0.240 e. The number of hydrogen-bond donors (Lipinski definition) is 2. The highest BCUT2D eigenvalue weighted by Gasteiger charge is 2.50. The Morgan fingerprint density at radius 1 is 1.50 bits per heavy atom. The molecule has 1 amide bonds. The molecule has 0 saturated heterocycles. The van der Waals surface area contributed by atoms with Gasteiger partial charge in [0, 0.05) is 6.04 Å². The van der Waals surface area contributed by atoms with Crippen LogP contribution in [0.15, 0.2) is 0 Å². The Labute approximate surface area is 85.4 Å². The summed E-state index contributed by atoms with van der Waals surface area (Å²) >= 11 is 0. The van der Waals surface area contributed by atoms with Crippen molar-refractivity contribution in [2.45, 2.75) is 51.6 Å². The lowest BCUT2D eigenvalue weighted by molar-refractivity contribution is -0.126. The maximum absolute atomic E-state index is 11.8. The number of carbonyl (C=O) groups excluding carboxylic acids is 1. The molecule has 2 aliphatic carbocycles. The lowest BCUT2D eigenvalue weighted by Crippen LogP contribution is -2.54. The first-order valence-electron chi connectivity index (χ1n) is 5.44. The van der Waals surface area contributed by atoms with E-state index in [1.165, 1.54) is 0 Å². The minimum atomic E-state index is -0.640. The summed E-state index contributed by atoms with van der Waals surface area (Å²) in [6.45, 7) is 6.20. The number of hydrogen-bond acceptors (Lipinski definition) is 2. The number of amides is 1. The van der Waals surface area contributed by atoms with Crippen LogP contribution in [-0.4, -0.2) is 17.5 Å². The lowest BCUT2D eigenvalue weighted by Gasteiger charge is -2.23. The van der Waals surface area contributed by atoms with Gasteiger partial charge < -0.3 is 11.1 Å². The molecule has 2 rings (SSSR count). The van der Waals surface area contributed by atoms with Crippen LogP contribution >= 0.6 is 0 Å². The summed E-state index contributed by atoms with van der Waals surface area (Å²) in [6, 6.07) is 0.344. The Bertz CT molecular complexity index is 266. The smallest absolute Gasteiger partial charge is 0.240 e. The third-order valence-electron chi connectivity index (χ3n) is 3.73. The summed E-state index contributed by atoms with van der Waals surface area (Å²) in [4.78, 5) is 11.8. The zero-order valence-electron chi connectivity index (χ0n) is 9.26. The molecule has 2 atom stereocenters. The van der Waals surface area contributed by atoms with Gasteiger partial charge in [0.2, 0.25) is 5.91 Å². The van der Waals surface area contributed by atoms with Gasteiger partial charge in [-0.15, -0.1) is 0 Å². The third kappa shape index (κ3) is 1.65. The highest BCUT2D eigenvalue weighted by molar-refractivity contribution is 5.87. The molecule has 2 unspecified atom stereocenters. The Kier molecular flexibility index (Phi) is 1.94. The minimum absolute atomic E-state index is 0.0376. The van der Waals surface area contributed by atoms with Gasteiger partial charge in [-0.25, -0.2) is 0 Å². The van der Waals surface area contributed by atoms with Crippen molar-refractivity contribution in [3.8, 4) is 0 Å². The van der Waals surface area contributed by atoms with Crippen molar-refractivity contribution in [3.05, 3.63) is 0 Å². The van der Waals surface area contributed by atoms with E-state index in [9.17, 15) is 4.79 Å². The van der Waals surface area contributed by atoms with Crippen molar-refractivity contribution in [1.82, 2.24) is 5.32 Å². The predicted octanol–water partition coefficient (Wildman–Crippen LogP) is 1.03. The van der Waals surface area contributed by atoms with E-state index in [4.69, 9.17) is 5.73 Å². The SMILES string of the molecule is CC1(C)CC1NC(=O)C(C)(N)C1CC1. The molecule has 0 aliphatic heterocycles. The molecule has 0 aromatic heterocycles. The van der Waals surface area contributed by atoms with Gasteiger partial charge >= 0.3 is 0 Å². The number of nitrogens with two attached hydrogens (primary N) is 1. The van der Waals surface area contributed by atoms with Gasteiger partial charge in [-0.1, -0.05) is 13.8 Å². The van der Waals surface area contributed by atoms with Crippen molar-refractivity contribution >= 4 is 5.91 Å². The second-order valence-corrected chi connectivity index (χ2v) is 5.78. The van der Waals surface area contributed by atoms with Crippen molar-refractivity contribution in [2.24, 2.45) is 17.1 Å². The zero-order valence-corrected chi connectivity index (χ0v) is 9.26. The first-order chi connectivity index (χ1) is 6.34. The van der Waals surface area contributed by atoms with Crippen LogP contribution in [-0.2, 0) is 4.79 Å². The topological polar surface area (TPSA) is 55.1 Å². The Morgan fingerprint density at radius 2 is 2.00 bits per heavy atom. The van der Waals surface area contributed by atoms with E-state index in [1.807, 2.05) is 6.92 Å². The van der Waals surface area contributed by atoms with Crippen LogP contribution in [0.3, 0.4) is 0 Å². The molecule has 0 spiro atoms. The van der Waals surface area contributed by atoms with Gasteiger partial charge in [0.15, 0.2) is 0 Å². The van der Waals surface area contributed by atoms with Gasteiger partial charge in [-0.05, 0) is 37.5 Å². The Morgan fingerprint density at radius 3 is 2.36 bits per heavy atom. The van der Waals surface area contributed by atoms with Crippen LogP contribution in [0.4, 0.5) is 0 Å². The molecule has 3 heteroatoms. The molecule has 2 saturated carbocycles. The summed E-state index contributed by atoms with van der Waals surface area (Å²) in [6.07, 6.45) is 3.29. The van der Waals surface area contributed by atoms with Crippen molar-refractivity contribution in [3.63, 3.8) is 0 Å². The van der Waals surface area contributed by atoms with Gasteiger partial charge in [0.1, 0.15) is 0 Å². The van der Waals surface area contributed by atoms with Crippen molar-refractivity contribution in [1.29, 1.82) is 0 Å². The first-order valence-corrected chi connectivity index (χ1v) is 5.44. The molecular formula is C11H20N2O. The van der Waals surface area contributed by atoms with Crippen LogP contribution in [0.25, 0.3) is 0 Å². The fourth-order valence-electron chi connectivity index (χ4n) is 1.90. The molecule has 3 N–H and O–H groups in total. The average molecular weight is 196 g/mol. The van der Waals surface area contributed by atoms with Crippen LogP contribution < -0.4 is 11.1 Å². The van der Waals surface area contributed by atoms with Gasteiger partial charge in [-0.2, -0.15) is 0 Å². The summed E-state index contributed by atoms with van der Waals surface area (Å²) in [7, 11) is 0. The zero-order chi connectivity index (χ0) is 10.6. The average Bonchev–Trinajstić information content (AvgIpc) is 2.88. The van der Waals surface area contributed by atoms with Gasteiger partial charge in [0.25, 0.3) is 0 Å². The normalized spacial score (nSPS) is 33.3. The molecule has 0 aromatic carbocycles. The molecule has 2 fully saturated rings. The molecule has 80 valence electrons. The second kappa shape index (κ2) is 2.72. The van der Waals surface area contributed by atoms with Gasteiger partial charge in [-0.3, -0.25) is 4.79 Å². The highest BCUT2D eigenvalue weighted by atomic mass is 16.2. The molecule has 0 heterocycles. The molecular weight excluding hydrogens is 176 g/mol. The van der Waals surface area contributed by atoms with Crippen LogP contribution in [0, 0.1) is 11.3 Å². The summed E-state index contributed by atoms with van der Waals surface area (Å²) in [5.41, 5.74) is 5.66. The third-order valence-corrected chi connectivity index (χ3v) is 3.73. The van der Waals surface area contributed by atoms with Crippen LogP contribution in [0.1, 0.15) is 40.0 Å². The van der Waals surface area contributed by atoms with Gasteiger partial charge in [0.05, 0.1) is 5.54 Å². The maximum atomic E-state index is 11.8. The van der Waals surface area contributed by atoms with E-state index in [1.54, 1.807) is 0 Å². The second-order valence-electron chi connectivity index (χ2n) is 5.78. The van der Waals surface area contributed by atoms with E-state index in [-0.39, 0.29) is 11.3 Å². The molecule has 2 aliphatic rings. The lowest BCUT2D eigenvalue weighted by atomic mass is 9.96. The monoisotopic (exact) mass is 196 g/mol. The molecule has 0 aromatic rings. The Balaban J connectivity index is 1.89. The van der Waals surface area contributed by atoms with Crippen molar-refractivity contribution < 1.29 is 4.79 Å². The molecule has 0 radical (unpaired) electrons. The molecule has 3 nitrogen and oxygen atoms in total. The van der Waals surface area contributed by atoms with E-state index >= 15 is 0 Å². The fraction of sp³-hybridized carbons (Fsp3) is 0.909. The summed E-state index contributed by atoms with van der Waals surface area (Å²) in [5.74, 6) is 0.444. The Hall–Kier alpha value is -0.570. The number of carbonyl (C=O) groups is 1. The summed E-state index contributed by atoms with van der Waals surface area (Å²) in [5, 5.41) is 3.04. The molecule has 14 heavy (non-hydrogen) atoms. The van der Waals surface area contributed by atoms with Crippen LogP contribution in [0.5, 0.6) is 0 Å². The van der Waals surface area contributed by atoms with E-state index in [2.05, 4.69) is 19.2 Å². The largest absolute Gasteiger partial charge is 0.351 e. The van der Waals surface area contributed by atoms with E-state index in [0.29, 0.717) is 12.0 Å². The number of rotatable bonds is 3. The standard InChI is InChI=1S/C11H20N2O/c1-10(2)6-8(10)13-9(14)11(3,12)7-4-5-7/h7-8H,4-6,12H2,1-3H3,(H,13,14). The summed E-state index contributed by atoms with van der Waals surface area (Å²) < 4.78 is 0. The van der Waals surface area contributed by atoms with Crippen molar-refractivity contribution in [2.75, 3.05) is 0 Å². The fourth-order valence-corrected chi connectivity index (χ4v) is 1.90. The predicted molar refractivity (Wildman–Crippen MR) is 55.6 cm³/mol. The number of nitrogens with one attached hydrogen (secondary N) is 1.